The number of nitrogens with zero attached hydrogens (tertiary/aromatic N) is 1. The highest BCUT2D eigenvalue weighted by Crippen LogP contribution is 2.42. The molecule has 5 heteroatoms. The van der Waals surface area contributed by atoms with Gasteiger partial charge in [0.2, 0.25) is 0 Å². The van der Waals surface area contributed by atoms with Gasteiger partial charge < -0.3 is 9.88 Å². The first-order chi connectivity index (χ1) is 8.60. The number of amides is 1. The van der Waals surface area contributed by atoms with E-state index in [4.69, 9.17) is 0 Å². The van der Waals surface area contributed by atoms with Crippen molar-refractivity contribution in [1.82, 2.24) is 9.88 Å². The fraction of sp³-hybridized carbons (Fsp3) is 0.615. The van der Waals surface area contributed by atoms with Crippen LogP contribution in [0.5, 0.6) is 0 Å². The van der Waals surface area contributed by atoms with Gasteiger partial charge in [0.05, 0.1) is 0 Å². The molecule has 100 valence electrons. The van der Waals surface area contributed by atoms with Crippen LogP contribution in [-0.2, 0) is 6.54 Å². The second-order valence-corrected chi connectivity index (χ2v) is 6.94. The third-order valence-corrected chi connectivity index (χ3v) is 5.56. The van der Waals surface area contributed by atoms with Crippen molar-refractivity contribution in [2.45, 2.75) is 37.5 Å². The molecule has 0 aliphatic heterocycles. The van der Waals surface area contributed by atoms with Crippen LogP contribution in [0.15, 0.2) is 16.7 Å². The summed E-state index contributed by atoms with van der Waals surface area (Å²) in [6, 6.07) is 1.88. The van der Waals surface area contributed by atoms with Crippen molar-refractivity contribution in [2.24, 2.45) is 0 Å². The minimum atomic E-state index is 0.0304. The SMILES string of the molecule is CCn1cc(Br)cc1C(=O)NCC1(SC)CCC1. The second kappa shape index (κ2) is 5.70. The van der Waals surface area contributed by atoms with E-state index in [-0.39, 0.29) is 10.7 Å². The van der Waals surface area contributed by atoms with Crippen LogP contribution in [0.1, 0.15) is 36.7 Å². The summed E-state index contributed by atoms with van der Waals surface area (Å²) >= 11 is 5.30. The summed E-state index contributed by atoms with van der Waals surface area (Å²) < 4.78 is 3.21. The molecule has 1 amide bonds. The summed E-state index contributed by atoms with van der Waals surface area (Å²) in [5.41, 5.74) is 0.736. The van der Waals surface area contributed by atoms with Gasteiger partial charge in [-0.1, -0.05) is 6.42 Å². The van der Waals surface area contributed by atoms with Crippen LogP contribution in [0.2, 0.25) is 0 Å². The van der Waals surface area contributed by atoms with E-state index in [2.05, 4.69) is 27.5 Å². The van der Waals surface area contributed by atoms with E-state index in [1.54, 1.807) is 0 Å². The van der Waals surface area contributed by atoms with Crippen LogP contribution < -0.4 is 5.32 Å². The smallest absolute Gasteiger partial charge is 0.267 e. The summed E-state index contributed by atoms with van der Waals surface area (Å²) in [6.07, 6.45) is 7.80. The van der Waals surface area contributed by atoms with Crippen molar-refractivity contribution < 1.29 is 4.79 Å². The van der Waals surface area contributed by atoms with Crippen molar-refractivity contribution in [3.05, 3.63) is 22.4 Å². The van der Waals surface area contributed by atoms with Crippen LogP contribution in [0.4, 0.5) is 0 Å². The van der Waals surface area contributed by atoms with E-state index in [1.807, 2.05) is 35.5 Å². The molecule has 0 spiro atoms. The maximum absolute atomic E-state index is 12.2. The van der Waals surface area contributed by atoms with Crippen molar-refractivity contribution in [2.75, 3.05) is 12.8 Å². The summed E-state index contributed by atoms with van der Waals surface area (Å²) in [4.78, 5) is 12.2. The van der Waals surface area contributed by atoms with Gasteiger partial charge in [-0.25, -0.2) is 0 Å². The Morgan fingerprint density at radius 1 is 1.61 bits per heavy atom. The Labute approximate surface area is 121 Å². The predicted octanol–water partition coefficient (Wildman–Crippen LogP) is 3.29. The molecular formula is C13H19BrN2OS. The van der Waals surface area contributed by atoms with E-state index in [9.17, 15) is 4.79 Å². The molecule has 0 aromatic carbocycles. The fourth-order valence-corrected chi connectivity index (χ4v) is 3.66. The number of rotatable bonds is 5. The van der Waals surface area contributed by atoms with Gasteiger partial charge in [0.1, 0.15) is 5.69 Å². The third kappa shape index (κ3) is 2.77. The minimum Gasteiger partial charge on any atom is -0.349 e. The number of hydrogen-bond donors (Lipinski definition) is 1. The Bertz CT molecular complexity index is 435. The minimum absolute atomic E-state index is 0.0304. The van der Waals surface area contributed by atoms with E-state index >= 15 is 0 Å². The predicted molar refractivity (Wildman–Crippen MR) is 80.2 cm³/mol. The lowest BCUT2D eigenvalue weighted by molar-refractivity contribution is 0.0934. The molecule has 1 heterocycles. The Morgan fingerprint density at radius 3 is 2.83 bits per heavy atom. The summed E-state index contributed by atoms with van der Waals surface area (Å²) in [7, 11) is 0. The van der Waals surface area contributed by atoms with E-state index < -0.39 is 0 Å². The Hall–Kier alpha value is -0.420. The number of hydrogen-bond acceptors (Lipinski definition) is 2. The van der Waals surface area contributed by atoms with Gasteiger partial charge in [0.25, 0.3) is 5.91 Å². The first-order valence-corrected chi connectivity index (χ1v) is 8.31. The molecule has 1 aliphatic carbocycles. The molecule has 1 aliphatic rings. The first kappa shape index (κ1) is 14.0. The lowest BCUT2D eigenvalue weighted by Crippen LogP contribution is -2.45. The van der Waals surface area contributed by atoms with Crippen molar-refractivity contribution in [3.63, 3.8) is 0 Å². The number of aryl methyl sites for hydroxylation is 1. The zero-order valence-electron chi connectivity index (χ0n) is 10.8. The maximum Gasteiger partial charge on any atom is 0.267 e. The van der Waals surface area contributed by atoms with Gasteiger partial charge in [-0.2, -0.15) is 11.8 Å². The van der Waals surface area contributed by atoms with Crippen molar-refractivity contribution in [3.8, 4) is 0 Å². The number of nitrogens with one attached hydrogen (secondary N) is 1. The van der Waals surface area contributed by atoms with Gasteiger partial charge >= 0.3 is 0 Å². The van der Waals surface area contributed by atoms with Gasteiger partial charge in [0.15, 0.2) is 0 Å². The Morgan fingerprint density at radius 2 is 2.33 bits per heavy atom. The molecule has 1 N–H and O–H groups in total. The number of thioether (sulfide) groups is 1. The first-order valence-electron chi connectivity index (χ1n) is 6.29. The van der Waals surface area contributed by atoms with Crippen LogP contribution in [0.25, 0.3) is 0 Å². The quantitative estimate of drug-likeness (QED) is 0.898. The molecule has 0 bridgehead atoms. The Balaban J connectivity index is 1.99. The van der Waals surface area contributed by atoms with Crippen LogP contribution >= 0.6 is 27.7 Å². The van der Waals surface area contributed by atoms with Gasteiger partial charge in [-0.15, -0.1) is 0 Å². The molecule has 1 saturated carbocycles. The molecule has 18 heavy (non-hydrogen) atoms. The second-order valence-electron chi connectivity index (χ2n) is 4.75. The average Bonchev–Trinajstić information content (AvgIpc) is 2.69. The summed E-state index contributed by atoms with van der Waals surface area (Å²) in [5.74, 6) is 0.0304. The van der Waals surface area contributed by atoms with Gasteiger partial charge in [0, 0.05) is 28.5 Å². The number of halogens is 1. The van der Waals surface area contributed by atoms with E-state index in [1.165, 1.54) is 19.3 Å². The molecule has 3 nitrogen and oxygen atoms in total. The average molecular weight is 331 g/mol. The normalized spacial score (nSPS) is 17.3. The number of carbonyl (C=O) groups is 1. The monoisotopic (exact) mass is 330 g/mol. The molecule has 0 saturated heterocycles. The summed E-state index contributed by atoms with van der Waals surface area (Å²) in [5, 5.41) is 3.08. The third-order valence-electron chi connectivity index (χ3n) is 3.71. The largest absolute Gasteiger partial charge is 0.349 e. The highest BCUT2D eigenvalue weighted by Gasteiger charge is 2.36. The molecule has 1 fully saturated rings. The Kier molecular flexibility index (Phi) is 4.43. The molecule has 0 unspecified atom stereocenters. The zero-order valence-corrected chi connectivity index (χ0v) is 13.2. The highest BCUT2D eigenvalue weighted by atomic mass is 79.9. The lowest BCUT2D eigenvalue weighted by atomic mass is 9.84. The summed E-state index contributed by atoms with van der Waals surface area (Å²) in [6.45, 7) is 3.63. The van der Waals surface area contributed by atoms with Crippen LogP contribution in [0, 0.1) is 0 Å². The van der Waals surface area contributed by atoms with Gasteiger partial charge in [-0.05, 0) is 48.0 Å². The molecule has 2 rings (SSSR count). The molecule has 0 atom stereocenters. The lowest BCUT2D eigenvalue weighted by Gasteiger charge is -2.40. The number of carbonyl (C=O) groups excluding carboxylic acids is 1. The molecular weight excluding hydrogens is 312 g/mol. The molecule has 0 radical (unpaired) electrons. The zero-order chi connectivity index (χ0) is 13.2. The van der Waals surface area contributed by atoms with E-state index in [0.29, 0.717) is 0 Å². The van der Waals surface area contributed by atoms with Crippen LogP contribution in [-0.4, -0.2) is 28.0 Å². The maximum atomic E-state index is 12.2. The topological polar surface area (TPSA) is 34.0 Å². The van der Waals surface area contributed by atoms with Crippen molar-refractivity contribution in [1.29, 1.82) is 0 Å². The highest BCUT2D eigenvalue weighted by molar-refractivity contribution is 9.10. The van der Waals surface area contributed by atoms with Crippen molar-refractivity contribution >= 4 is 33.6 Å². The molecule has 1 aromatic heterocycles. The fourth-order valence-electron chi connectivity index (χ4n) is 2.28. The van der Waals surface area contributed by atoms with Crippen LogP contribution in [0.3, 0.4) is 0 Å². The number of aromatic nitrogens is 1. The van der Waals surface area contributed by atoms with E-state index in [0.717, 1.165) is 23.3 Å². The molecule has 1 aromatic rings. The standard InChI is InChI=1S/C13H19BrN2OS/c1-3-16-8-10(14)7-11(16)12(17)15-9-13(18-2)5-4-6-13/h7-8H,3-6,9H2,1-2H3,(H,15,17). The van der Waals surface area contributed by atoms with Gasteiger partial charge in [-0.3, -0.25) is 4.79 Å².